The number of primary amides is 1. The van der Waals surface area contributed by atoms with Crippen LogP contribution in [0, 0.1) is 0 Å². The van der Waals surface area contributed by atoms with E-state index >= 15 is 0 Å². The highest BCUT2D eigenvalue weighted by atomic mass is 16.5. The summed E-state index contributed by atoms with van der Waals surface area (Å²) >= 11 is 0. The third-order valence-electron chi connectivity index (χ3n) is 2.17. The lowest BCUT2D eigenvalue weighted by Gasteiger charge is -2.15. The number of nitrogens with one attached hydrogen (secondary N) is 1. The molecule has 0 heterocycles. The highest BCUT2D eigenvalue weighted by Crippen LogP contribution is 2.00. The van der Waals surface area contributed by atoms with Crippen LogP contribution < -0.4 is 16.8 Å². The smallest absolute Gasteiger partial charge is 0.246 e. The largest absolute Gasteiger partial charge is 0.369 e. The summed E-state index contributed by atoms with van der Waals surface area (Å²) in [4.78, 5) is 22.5. The van der Waals surface area contributed by atoms with E-state index in [-0.39, 0.29) is 18.6 Å². The van der Waals surface area contributed by atoms with Crippen molar-refractivity contribution in [1.82, 2.24) is 5.32 Å². The van der Waals surface area contributed by atoms with Crippen molar-refractivity contribution in [1.29, 1.82) is 0 Å². The molecule has 0 aromatic heterocycles. The van der Waals surface area contributed by atoms with E-state index < -0.39 is 11.9 Å². The minimum atomic E-state index is -0.634. The van der Waals surface area contributed by atoms with Gasteiger partial charge in [-0.1, -0.05) is 0 Å². The lowest BCUT2D eigenvalue weighted by atomic mass is 10.1. The summed E-state index contributed by atoms with van der Waals surface area (Å²) in [5.41, 5.74) is 10.5. The number of ether oxygens (including phenoxy) is 1. The molecular weight excluding hydrogens is 222 g/mol. The van der Waals surface area contributed by atoms with Gasteiger partial charge in [0.2, 0.25) is 11.8 Å². The minimum Gasteiger partial charge on any atom is -0.369 e. The van der Waals surface area contributed by atoms with E-state index in [0.29, 0.717) is 13.0 Å². The van der Waals surface area contributed by atoms with Crippen molar-refractivity contribution < 1.29 is 14.3 Å². The van der Waals surface area contributed by atoms with Crippen molar-refractivity contribution in [2.75, 3.05) is 13.2 Å². The van der Waals surface area contributed by atoms with Gasteiger partial charge in [-0.15, -0.1) is 0 Å². The minimum absolute atomic E-state index is 0.0231. The molecule has 2 amide bonds. The Bertz CT molecular complexity index is 244. The average Bonchev–Trinajstić information content (AvgIpc) is 2.25. The summed E-state index contributed by atoms with van der Waals surface area (Å²) in [6.45, 7) is 4.18. The standard InChI is InChI=1S/C11H23N3O3/c1-8(2)17-7-10(15)14-9(11(13)16)5-3-4-6-12/h8-9H,3-7,12H2,1-2H3,(H2,13,16)(H,14,15). The van der Waals surface area contributed by atoms with Crippen molar-refractivity contribution >= 4 is 11.8 Å². The fourth-order valence-corrected chi connectivity index (χ4v) is 1.26. The molecule has 0 aromatic rings. The van der Waals surface area contributed by atoms with Crippen LogP contribution in [0.5, 0.6) is 0 Å². The number of carbonyl (C=O) groups excluding carboxylic acids is 2. The molecule has 0 fully saturated rings. The molecule has 0 bridgehead atoms. The van der Waals surface area contributed by atoms with Gasteiger partial charge in [0, 0.05) is 0 Å². The molecule has 0 aliphatic rings. The van der Waals surface area contributed by atoms with Crippen LogP contribution in [-0.2, 0) is 14.3 Å². The zero-order valence-electron chi connectivity index (χ0n) is 10.6. The summed E-state index contributed by atoms with van der Waals surface area (Å²) in [6, 6.07) is -0.634. The SMILES string of the molecule is CC(C)OCC(=O)NC(CCCCN)C(N)=O. The fourth-order valence-electron chi connectivity index (χ4n) is 1.26. The van der Waals surface area contributed by atoms with Gasteiger partial charge in [-0.25, -0.2) is 0 Å². The van der Waals surface area contributed by atoms with Crippen LogP contribution in [0.25, 0.3) is 0 Å². The van der Waals surface area contributed by atoms with Gasteiger partial charge >= 0.3 is 0 Å². The first-order valence-electron chi connectivity index (χ1n) is 5.87. The molecule has 1 atom stereocenters. The molecule has 0 aromatic carbocycles. The van der Waals surface area contributed by atoms with Crippen LogP contribution in [0.2, 0.25) is 0 Å². The first-order chi connectivity index (χ1) is 7.97. The highest BCUT2D eigenvalue weighted by molar-refractivity contribution is 5.86. The monoisotopic (exact) mass is 245 g/mol. The van der Waals surface area contributed by atoms with E-state index in [1.807, 2.05) is 13.8 Å². The maximum atomic E-state index is 11.4. The van der Waals surface area contributed by atoms with E-state index in [9.17, 15) is 9.59 Å². The van der Waals surface area contributed by atoms with Crippen LogP contribution in [0.15, 0.2) is 0 Å². The Labute approximate surface area is 102 Å². The third kappa shape index (κ3) is 8.65. The molecule has 17 heavy (non-hydrogen) atoms. The summed E-state index contributed by atoms with van der Waals surface area (Å²) in [6.07, 6.45) is 2.06. The van der Waals surface area contributed by atoms with Crippen LogP contribution in [0.3, 0.4) is 0 Å². The Morgan fingerprint density at radius 2 is 1.94 bits per heavy atom. The normalized spacial score (nSPS) is 12.5. The molecule has 1 unspecified atom stereocenters. The first kappa shape index (κ1) is 15.9. The van der Waals surface area contributed by atoms with Gasteiger partial charge in [-0.2, -0.15) is 0 Å². The molecule has 0 aliphatic carbocycles. The highest BCUT2D eigenvalue weighted by Gasteiger charge is 2.17. The van der Waals surface area contributed by atoms with Gasteiger partial charge < -0.3 is 21.5 Å². The zero-order chi connectivity index (χ0) is 13.3. The van der Waals surface area contributed by atoms with Gasteiger partial charge in [-0.05, 0) is 39.7 Å². The molecule has 0 saturated carbocycles. The molecule has 0 radical (unpaired) electrons. The maximum Gasteiger partial charge on any atom is 0.246 e. The average molecular weight is 245 g/mol. The van der Waals surface area contributed by atoms with Gasteiger partial charge in [0.1, 0.15) is 12.6 Å². The van der Waals surface area contributed by atoms with Crippen molar-refractivity contribution in [3.8, 4) is 0 Å². The van der Waals surface area contributed by atoms with Gasteiger partial charge in [0.25, 0.3) is 0 Å². The predicted octanol–water partition coefficient (Wildman–Crippen LogP) is -0.489. The molecule has 6 nitrogen and oxygen atoms in total. The van der Waals surface area contributed by atoms with Crippen molar-refractivity contribution in [2.45, 2.75) is 45.3 Å². The van der Waals surface area contributed by atoms with Crippen LogP contribution in [0.1, 0.15) is 33.1 Å². The number of unbranched alkanes of at least 4 members (excludes halogenated alkanes) is 1. The fraction of sp³-hybridized carbons (Fsp3) is 0.818. The number of hydrogen-bond donors (Lipinski definition) is 3. The number of nitrogens with two attached hydrogens (primary N) is 2. The van der Waals surface area contributed by atoms with Crippen LogP contribution >= 0.6 is 0 Å². The van der Waals surface area contributed by atoms with E-state index in [1.54, 1.807) is 0 Å². The summed E-state index contributed by atoms with van der Waals surface area (Å²) in [5.74, 6) is -0.852. The maximum absolute atomic E-state index is 11.4. The topological polar surface area (TPSA) is 107 Å². The second kappa shape index (κ2) is 8.95. The zero-order valence-corrected chi connectivity index (χ0v) is 10.6. The number of carbonyl (C=O) groups is 2. The molecule has 6 heteroatoms. The molecule has 0 aliphatic heterocycles. The Hall–Kier alpha value is -1.14. The Kier molecular flexibility index (Phi) is 8.35. The van der Waals surface area contributed by atoms with Gasteiger partial charge in [-0.3, -0.25) is 9.59 Å². The summed E-state index contributed by atoms with van der Waals surface area (Å²) < 4.78 is 5.13. The van der Waals surface area contributed by atoms with Crippen molar-refractivity contribution in [3.63, 3.8) is 0 Å². The van der Waals surface area contributed by atoms with Crippen LogP contribution in [-0.4, -0.2) is 37.1 Å². The second-order valence-electron chi connectivity index (χ2n) is 4.17. The van der Waals surface area contributed by atoms with E-state index in [0.717, 1.165) is 12.8 Å². The third-order valence-corrected chi connectivity index (χ3v) is 2.17. The van der Waals surface area contributed by atoms with E-state index in [4.69, 9.17) is 16.2 Å². The Balaban J connectivity index is 3.98. The quantitative estimate of drug-likeness (QED) is 0.476. The molecule has 100 valence electrons. The number of hydrogen-bond acceptors (Lipinski definition) is 4. The lowest BCUT2D eigenvalue weighted by Crippen LogP contribution is -2.45. The molecular formula is C11H23N3O3. The molecule has 0 rings (SSSR count). The molecule has 5 N–H and O–H groups in total. The predicted molar refractivity (Wildman–Crippen MR) is 65.1 cm³/mol. The summed E-state index contributed by atoms with van der Waals surface area (Å²) in [7, 11) is 0. The van der Waals surface area contributed by atoms with Gasteiger partial charge in [0.05, 0.1) is 6.10 Å². The van der Waals surface area contributed by atoms with Crippen molar-refractivity contribution in [3.05, 3.63) is 0 Å². The summed E-state index contributed by atoms with van der Waals surface area (Å²) in [5, 5.41) is 2.55. The number of amides is 2. The Morgan fingerprint density at radius 1 is 1.29 bits per heavy atom. The Morgan fingerprint density at radius 3 is 2.41 bits per heavy atom. The van der Waals surface area contributed by atoms with Crippen LogP contribution in [0.4, 0.5) is 0 Å². The van der Waals surface area contributed by atoms with Crippen molar-refractivity contribution in [2.24, 2.45) is 11.5 Å². The van der Waals surface area contributed by atoms with E-state index in [2.05, 4.69) is 5.32 Å². The molecule has 0 spiro atoms. The lowest BCUT2D eigenvalue weighted by molar-refractivity contribution is -0.131. The van der Waals surface area contributed by atoms with E-state index in [1.165, 1.54) is 0 Å². The second-order valence-corrected chi connectivity index (χ2v) is 4.17. The first-order valence-corrected chi connectivity index (χ1v) is 5.87. The number of rotatable bonds is 9. The molecule has 0 saturated heterocycles. The van der Waals surface area contributed by atoms with Gasteiger partial charge in [0.15, 0.2) is 0 Å².